The Morgan fingerprint density at radius 1 is 1.05 bits per heavy atom. The number of alkyl halides is 1. The fourth-order valence-corrected chi connectivity index (χ4v) is 4.79. The molecule has 0 aliphatic carbocycles. The lowest BCUT2D eigenvalue weighted by atomic mass is 9.78. The molecule has 1 saturated heterocycles. The number of rotatable bonds is 12. The van der Waals surface area contributed by atoms with Crippen molar-refractivity contribution >= 4 is 40.8 Å². The largest absolute Gasteiger partial charge is 0.491 e. The van der Waals surface area contributed by atoms with Crippen LogP contribution >= 0.6 is 34.8 Å². The van der Waals surface area contributed by atoms with Gasteiger partial charge in [0.2, 0.25) is 0 Å². The maximum Gasteiger partial charge on any atom is 0.303 e. The number of carbonyl (C=O) groups is 1. The quantitative estimate of drug-likeness (QED) is 0.284. The number of aliphatic hydroxyl groups excluding tert-OH is 1. The van der Waals surface area contributed by atoms with E-state index in [1.807, 2.05) is 36.4 Å². The highest BCUT2D eigenvalue weighted by molar-refractivity contribution is 6.37. The number of hydrogen-bond acceptors (Lipinski definition) is 7. The first kappa shape index (κ1) is 29.8. The molecule has 1 aliphatic rings. The molecule has 0 saturated carbocycles. The molecule has 3 rings (SSSR count). The number of hydrogen-bond donors (Lipinski definition) is 1. The molecular formula is C27H34Cl3NO6. The highest BCUT2D eigenvalue weighted by Gasteiger charge is 2.26. The molecule has 2 aromatic carbocycles. The molecule has 37 heavy (non-hydrogen) atoms. The fourth-order valence-electron chi connectivity index (χ4n) is 4.04. The van der Waals surface area contributed by atoms with Gasteiger partial charge in [0, 0.05) is 32.0 Å². The number of ether oxygens (including phenoxy) is 4. The summed E-state index contributed by atoms with van der Waals surface area (Å²) in [4.78, 5) is 13.4. The molecule has 1 fully saturated rings. The molecule has 0 amide bonds. The molecule has 204 valence electrons. The maximum atomic E-state index is 11.2. The van der Waals surface area contributed by atoms with Crippen LogP contribution < -0.4 is 9.47 Å². The molecule has 2 atom stereocenters. The summed E-state index contributed by atoms with van der Waals surface area (Å²) in [6.07, 6.45) is -1.18. The van der Waals surface area contributed by atoms with Crippen LogP contribution in [0.1, 0.15) is 31.9 Å². The van der Waals surface area contributed by atoms with Gasteiger partial charge in [-0.2, -0.15) is 0 Å². The van der Waals surface area contributed by atoms with Gasteiger partial charge in [-0.25, -0.2) is 0 Å². The van der Waals surface area contributed by atoms with Gasteiger partial charge in [-0.3, -0.25) is 9.69 Å². The summed E-state index contributed by atoms with van der Waals surface area (Å²) in [5, 5.41) is 11.0. The topological polar surface area (TPSA) is 77.5 Å². The summed E-state index contributed by atoms with van der Waals surface area (Å²) >= 11 is 18.9. The van der Waals surface area contributed by atoms with E-state index in [-0.39, 0.29) is 19.1 Å². The summed E-state index contributed by atoms with van der Waals surface area (Å²) in [7, 11) is 0. The molecule has 1 aliphatic heterocycles. The van der Waals surface area contributed by atoms with E-state index >= 15 is 0 Å². The normalized spacial score (nSPS) is 16.2. The molecule has 2 unspecified atom stereocenters. The summed E-state index contributed by atoms with van der Waals surface area (Å²) in [6, 6.07) is 11.4. The van der Waals surface area contributed by atoms with Gasteiger partial charge >= 0.3 is 5.97 Å². The molecule has 1 heterocycles. The minimum Gasteiger partial charge on any atom is -0.491 e. The van der Waals surface area contributed by atoms with Gasteiger partial charge in [0.25, 0.3) is 0 Å². The standard InChI is InChI=1S/C27H34Cl3NO6/c1-18(32)37-23(14-28)17-36-26-24(29)12-20(13-25(26)30)27(2,3)19-4-6-22(7-5-19)35-16-21(33)15-31-8-10-34-11-9-31/h4-7,12-13,21,23,33H,8-11,14-17H2,1-3H3. The van der Waals surface area contributed by atoms with E-state index < -0.39 is 23.6 Å². The minimum absolute atomic E-state index is 0.0356. The average molecular weight is 575 g/mol. The van der Waals surface area contributed by atoms with E-state index in [4.69, 9.17) is 53.8 Å². The molecule has 0 bridgehead atoms. The smallest absolute Gasteiger partial charge is 0.303 e. The molecular weight excluding hydrogens is 541 g/mol. The maximum absolute atomic E-state index is 11.2. The van der Waals surface area contributed by atoms with E-state index in [1.165, 1.54) is 6.92 Å². The Balaban J connectivity index is 1.62. The number of β-amino-alcohol motifs (C(OH)–C–C–N with tert-alkyl or cyclic N) is 1. The first-order valence-electron chi connectivity index (χ1n) is 12.2. The van der Waals surface area contributed by atoms with Crippen molar-refractivity contribution in [2.24, 2.45) is 0 Å². The zero-order valence-electron chi connectivity index (χ0n) is 21.3. The van der Waals surface area contributed by atoms with Gasteiger partial charge in [-0.1, -0.05) is 49.2 Å². The summed E-state index contributed by atoms with van der Waals surface area (Å²) in [6.45, 7) is 9.31. The van der Waals surface area contributed by atoms with E-state index in [0.717, 1.165) is 24.2 Å². The van der Waals surface area contributed by atoms with Crippen LogP contribution in [0.3, 0.4) is 0 Å². The fraction of sp³-hybridized carbons (Fsp3) is 0.519. The molecule has 0 radical (unpaired) electrons. The van der Waals surface area contributed by atoms with Crippen molar-refractivity contribution in [3.63, 3.8) is 0 Å². The second-order valence-electron chi connectivity index (χ2n) is 9.49. The van der Waals surface area contributed by atoms with Crippen molar-refractivity contribution < 1.29 is 28.8 Å². The Bertz CT molecular complexity index is 1000. The molecule has 0 spiro atoms. The molecule has 7 nitrogen and oxygen atoms in total. The van der Waals surface area contributed by atoms with Crippen LogP contribution in [-0.4, -0.2) is 80.1 Å². The van der Waals surface area contributed by atoms with Crippen LogP contribution in [0.15, 0.2) is 36.4 Å². The summed E-state index contributed by atoms with van der Waals surface area (Å²) in [5.41, 5.74) is 1.52. The zero-order chi connectivity index (χ0) is 27.0. The Hall–Kier alpha value is -1.74. The SMILES string of the molecule is CC(=O)OC(CCl)COc1c(Cl)cc(C(C)(C)c2ccc(OCC(O)CN3CCOCC3)cc2)cc1Cl. The Morgan fingerprint density at radius 2 is 1.68 bits per heavy atom. The second-order valence-corrected chi connectivity index (χ2v) is 10.6. The van der Waals surface area contributed by atoms with Gasteiger partial charge in [0.15, 0.2) is 5.75 Å². The van der Waals surface area contributed by atoms with E-state index in [1.54, 1.807) is 0 Å². The number of aliphatic hydroxyl groups is 1. The Labute approximate surface area is 233 Å². The van der Waals surface area contributed by atoms with Crippen LogP contribution in [-0.2, 0) is 19.7 Å². The molecule has 0 aromatic heterocycles. The van der Waals surface area contributed by atoms with Crippen molar-refractivity contribution in [1.82, 2.24) is 4.90 Å². The number of nitrogens with zero attached hydrogens (tertiary/aromatic N) is 1. The van der Waals surface area contributed by atoms with Gasteiger partial charge in [-0.15, -0.1) is 11.6 Å². The van der Waals surface area contributed by atoms with Gasteiger partial charge in [-0.05, 0) is 35.4 Å². The first-order chi connectivity index (χ1) is 17.6. The Morgan fingerprint density at radius 3 is 2.24 bits per heavy atom. The van der Waals surface area contributed by atoms with Gasteiger partial charge in [0.05, 0.1) is 29.1 Å². The minimum atomic E-state index is -0.608. The van der Waals surface area contributed by atoms with Crippen molar-refractivity contribution in [3.8, 4) is 11.5 Å². The van der Waals surface area contributed by atoms with Crippen LogP contribution in [0, 0.1) is 0 Å². The van der Waals surface area contributed by atoms with Crippen molar-refractivity contribution in [1.29, 1.82) is 0 Å². The first-order valence-corrected chi connectivity index (χ1v) is 13.5. The van der Waals surface area contributed by atoms with Crippen molar-refractivity contribution in [2.75, 3.05) is 51.9 Å². The lowest BCUT2D eigenvalue weighted by molar-refractivity contribution is -0.146. The van der Waals surface area contributed by atoms with E-state index in [2.05, 4.69) is 18.7 Å². The number of benzene rings is 2. The zero-order valence-corrected chi connectivity index (χ0v) is 23.6. The van der Waals surface area contributed by atoms with Crippen LogP contribution in [0.4, 0.5) is 0 Å². The highest BCUT2D eigenvalue weighted by atomic mass is 35.5. The summed E-state index contributed by atoms with van der Waals surface area (Å²) < 4.78 is 22.0. The summed E-state index contributed by atoms with van der Waals surface area (Å²) in [5.74, 6) is 0.641. The lowest BCUT2D eigenvalue weighted by Gasteiger charge is -2.28. The third-order valence-corrected chi connectivity index (χ3v) is 7.14. The molecule has 10 heteroatoms. The third-order valence-electron chi connectivity index (χ3n) is 6.23. The lowest BCUT2D eigenvalue weighted by Crippen LogP contribution is -2.42. The van der Waals surface area contributed by atoms with Gasteiger partial charge < -0.3 is 24.1 Å². The number of carbonyl (C=O) groups excluding carboxylic acids is 1. The molecule has 1 N–H and O–H groups in total. The number of morpholine rings is 1. The number of halogens is 3. The van der Waals surface area contributed by atoms with Crippen LogP contribution in [0.2, 0.25) is 10.0 Å². The monoisotopic (exact) mass is 573 g/mol. The average Bonchev–Trinajstić information content (AvgIpc) is 2.86. The van der Waals surface area contributed by atoms with Crippen LogP contribution in [0.25, 0.3) is 0 Å². The Kier molecular flexibility index (Phi) is 11.2. The second kappa shape index (κ2) is 13.9. The number of esters is 1. The van der Waals surface area contributed by atoms with Crippen molar-refractivity contribution in [2.45, 2.75) is 38.4 Å². The highest BCUT2D eigenvalue weighted by Crippen LogP contribution is 2.40. The van der Waals surface area contributed by atoms with Crippen molar-refractivity contribution in [3.05, 3.63) is 57.6 Å². The van der Waals surface area contributed by atoms with Crippen LogP contribution in [0.5, 0.6) is 11.5 Å². The predicted octanol–water partition coefficient (Wildman–Crippen LogP) is 4.94. The molecule has 2 aromatic rings. The third kappa shape index (κ3) is 8.63. The van der Waals surface area contributed by atoms with E-state index in [9.17, 15) is 9.90 Å². The van der Waals surface area contributed by atoms with E-state index in [0.29, 0.717) is 41.3 Å². The predicted molar refractivity (Wildman–Crippen MR) is 146 cm³/mol. The van der Waals surface area contributed by atoms with Gasteiger partial charge in [0.1, 0.15) is 31.2 Å².